The lowest BCUT2D eigenvalue weighted by Crippen LogP contribution is -2.66. The molecule has 0 aliphatic heterocycles. The van der Waals surface area contributed by atoms with Crippen LogP contribution in [0.3, 0.4) is 0 Å². The van der Waals surface area contributed by atoms with Crippen LogP contribution >= 0.6 is 11.6 Å². The summed E-state index contributed by atoms with van der Waals surface area (Å²) in [6.07, 6.45) is 3.43. The molecule has 0 heterocycles. The molecule has 0 saturated heterocycles. The molecular formula is C28H39ClO7. The largest absolute Gasteiger partial charge is 0.458 e. The van der Waals surface area contributed by atoms with Crippen molar-refractivity contribution >= 4 is 35.1 Å². The number of rotatable bonds is 5. The van der Waals surface area contributed by atoms with Crippen molar-refractivity contribution < 1.29 is 33.8 Å². The number of alkyl halides is 1. The van der Waals surface area contributed by atoms with E-state index in [2.05, 4.69) is 6.92 Å². The minimum atomic E-state index is -1.55. The lowest BCUT2D eigenvalue weighted by Gasteiger charge is -2.62. The van der Waals surface area contributed by atoms with Gasteiger partial charge in [-0.2, -0.15) is 0 Å². The molecule has 0 spiro atoms. The number of carbonyl (C=O) groups is 4. The summed E-state index contributed by atoms with van der Waals surface area (Å²) >= 11 is 7.07. The van der Waals surface area contributed by atoms with Crippen molar-refractivity contribution in [3.63, 3.8) is 0 Å². The standard InChI is InChI=1S/C28H39ClO7/c1-14(2)25(34)36-28(22(33)13-35-16(4)30)15(3)9-19-23-20(29)11-17-10-18(31)7-8-26(17,5)24(23)21(32)12-27(19,28)6/h10,14-15,19-21,23-24,32H,7-9,11-13H2,1-6H3/t15?,19-,20?,21?,23+,24-,26-,27-,28-/m0/s1. The van der Waals surface area contributed by atoms with Gasteiger partial charge in [-0.15, -0.1) is 11.6 Å². The van der Waals surface area contributed by atoms with Gasteiger partial charge in [-0.05, 0) is 54.9 Å². The average Bonchev–Trinajstić information content (AvgIpc) is 2.99. The minimum absolute atomic E-state index is 0.0966. The molecule has 0 aromatic rings. The molecule has 0 aromatic carbocycles. The van der Waals surface area contributed by atoms with E-state index >= 15 is 0 Å². The molecule has 3 fully saturated rings. The first-order valence-corrected chi connectivity index (χ1v) is 13.6. The molecule has 3 unspecified atom stereocenters. The molecule has 36 heavy (non-hydrogen) atoms. The number of ketones is 2. The number of esters is 2. The number of ether oxygens (including phenoxy) is 2. The molecule has 0 bridgehead atoms. The number of allylic oxidation sites excluding steroid dienone is 1. The second-order valence-corrected chi connectivity index (χ2v) is 12.9. The van der Waals surface area contributed by atoms with Crippen LogP contribution in [0.25, 0.3) is 0 Å². The quantitative estimate of drug-likeness (QED) is 0.429. The molecule has 3 saturated carbocycles. The lowest BCUT2D eigenvalue weighted by molar-refractivity contribution is -0.209. The molecule has 7 nitrogen and oxygen atoms in total. The van der Waals surface area contributed by atoms with Crippen molar-refractivity contribution in [3.8, 4) is 0 Å². The first kappa shape index (κ1) is 27.3. The average molecular weight is 523 g/mol. The van der Waals surface area contributed by atoms with Crippen LogP contribution in [0.1, 0.15) is 73.6 Å². The maximum absolute atomic E-state index is 13.9. The highest BCUT2D eigenvalue weighted by atomic mass is 35.5. The van der Waals surface area contributed by atoms with Gasteiger partial charge in [-0.3, -0.25) is 19.2 Å². The van der Waals surface area contributed by atoms with E-state index in [-0.39, 0.29) is 46.7 Å². The van der Waals surface area contributed by atoms with E-state index in [4.69, 9.17) is 21.1 Å². The summed E-state index contributed by atoms with van der Waals surface area (Å²) in [6.45, 7) is 10.1. The summed E-state index contributed by atoms with van der Waals surface area (Å²) in [7, 11) is 0. The van der Waals surface area contributed by atoms with E-state index in [1.807, 2.05) is 13.8 Å². The number of aliphatic hydroxyl groups is 1. The molecule has 4 aliphatic rings. The topological polar surface area (TPSA) is 107 Å². The lowest BCUT2D eigenvalue weighted by atomic mass is 9.45. The maximum atomic E-state index is 13.9. The van der Waals surface area contributed by atoms with Gasteiger partial charge in [0.1, 0.15) is 0 Å². The third-order valence-corrected chi connectivity index (χ3v) is 10.4. The summed E-state index contributed by atoms with van der Waals surface area (Å²) < 4.78 is 11.3. The van der Waals surface area contributed by atoms with E-state index in [0.29, 0.717) is 25.7 Å². The zero-order chi connectivity index (χ0) is 26.8. The number of carbonyl (C=O) groups excluding carboxylic acids is 4. The van der Waals surface area contributed by atoms with Gasteiger partial charge in [0.2, 0.25) is 5.78 Å². The van der Waals surface area contributed by atoms with Gasteiger partial charge in [-0.1, -0.05) is 40.2 Å². The molecule has 0 radical (unpaired) electrons. The summed E-state index contributed by atoms with van der Waals surface area (Å²) in [4.78, 5) is 50.6. The van der Waals surface area contributed by atoms with Crippen LogP contribution in [0, 0.1) is 40.4 Å². The Labute approximate surface area is 218 Å². The third kappa shape index (κ3) is 3.87. The Morgan fingerprint density at radius 1 is 1.25 bits per heavy atom. The van der Waals surface area contributed by atoms with Gasteiger partial charge < -0.3 is 14.6 Å². The summed E-state index contributed by atoms with van der Waals surface area (Å²) in [5.41, 5.74) is -1.78. The molecule has 0 amide bonds. The Hall–Kier alpha value is -1.73. The first-order valence-electron chi connectivity index (χ1n) is 13.1. The fourth-order valence-electron chi connectivity index (χ4n) is 8.34. The summed E-state index contributed by atoms with van der Waals surface area (Å²) in [6, 6.07) is 0. The number of hydrogen-bond donors (Lipinski definition) is 1. The molecule has 8 heteroatoms. The van der Waals surface area contributed by atoms with Crippen LogP contribution in [0.2, 0.25) is 0 Å². The minimum Gasteiger partial charge on any atom is -0.458 e. The Kier molecular flexibility index (Phi) is 7.00. The Bertz CT molecular complexity index is 1000. The Morgan fingerprint density at radius 3 is 2.53 bits per heavy atom. The normalized spacial score (nSPS) is 43.7. The Morgan fingerprint density at radius 2 is 1.92 bits per heavy atom. The van der Waals surface area contributed by atoms with E-state index in [1.54, 1.807) is 19.9 Å². The molecule has 0 aromatic heterocycles. The number of Topliss-reactive ketones (excluding diaryl/α,β-unsaturated/α-hetero) is 1. The fourth-order valence-corrected chi connectivity index (χ4v) is 8.84. The van der Waals surface area contributed by atoms with Crippen LogP contribution < -0.4 is 0 Å². The monoisotopic (exact) mass is 522 g/mol. The molecule has 1 N–H and O–H groups in total. The number of fused-ring (bicyclic) bond motifs is 5. The van der Waals surface area contributed by atoms with Crippen molar-refractivity contribution in [2.75, 3.05) is 6.61 Å². The zero-order valence-electron chi connectivity index (χ0n) is 22.1. The predicted octanol–water partition coefficient (Wildman–Crippen LogP) is 4.02. The number of hydrogen-bond acceptors (Lipinski definition) is 7. The highest BCUT2D eigenvalue weighted by Gasteiger charge is 2.74. The highest BCUT2D eigenvalue weighted by Crippen LogP contribution is 2.70. The van der Waals surface area contributed by atoms with Crippen LogP contribution in [0.4, 0.5) is 0 Å². The van der Waals surface area contributed by atoms with Crippen molar-refractivity contribution in [3.05, 3.63) is 11.6 Å². The van der Waals surface area contributed by atoms with Crippen LogP contribution in [0.15, 0.2) is 11.6 Å². The van der Waals surface area contributed by atoms with E-state index in [9.17, 15) is 24.3 Å². The van der Waals surface area contributed by atoms with Crippen molar-refractivity contribution in [1.82, 2.24) is 0 Å². The van der Waals surface area contributed by atoms with Gasteiger partial charge in [0.05, 0.1) is 12.0 Å². The number of halogens is 1. The number of aliphatic hydroxyl groups excluding tert-OH is 1. The fraction of sp³-hybridized carbons (Fsp3) is 0.786. The SMILES string of the molecule is CC(=O)OCC(=O)[C@@]1(OC(=O)C(C)C)C(C)C[C@H]2[C@@H]3C(Cl)CC4=CC(=O)CC[C@]4(C)[C@H]3C(O)C[C@@]21C. The van der Waals surface area contributed by atoms with Crippen LogP contribution in [-0.4, -0.2) is 52.3 Å². The van der Waals surface area contributed by atoms with Gasteiger partial charge in [-0.25, -0.2) is 0 Å². The van der Waals surface area contributed by atoms with Crippen molar-refractivity contribution in [2.45, 2.75) is 90.7 Å². The summed E-state index contributed by atoms with van der Waals surface area (Å²) in [5.74, 6) is -2.63. The van der Waals surface area contributed by atoms with Crippen LogP contribution in [0.5, 0.6) is 0 Å². The first-order chi connectivity index (χ1) is 16.7. The second-order valence-electron chi connectivity index (χ2n) is 12.3. The van der Waals surface area contributed by atoms with E-state index < -0.39 is 47.4 Å². The molecule has 4 aliphatic carbocycles. The van der Waals surface area contributed by atoms with E-state index in [0.717, 1.165) is 5.57 Å². The van der Waals surface area contributed by atoms with Crippen molar-refractivity contribution in [2.24, 2.45) is 40.4 Å². The molecule has 200 valence electrons. The van der Waals surface area contributed by atoms with Gasteiger partial charge in [0.25, 0.3) is 0 Å². The molecule has 4 rings (SSSR count). The summed E-state index contributed by atoms with van der Waals surface area (Å²) in [5, 5.41) is 11.4. The third-order valence-electron chi connectivity index (χ3n) is 9.98. The van der Waals surface area contributed by atoms with E-state index in [1.165, 1.54) is 6.92 Å². The Balaban J connectivity index is 1.81. The second kappa shape index (κ2) is 9.23. The van der Waals surface area contributed by atoms with Crippen LogP contribution in [-0.2, 0) is 28.7 Å². The molecule has 9 atom stereocenters. The van der Waals surface area contributed by atoms with Gasteiger partial charge in [0, 0.05) is 30.1 Å². The van der Waals surface area contributed by atoms with Crippen molar-refractivity contribution in [1.29, 1.82) is 0 Å². The highest BCUT2D eigenvalue weighted by molar-refractivity contribution is 6.21. The zero-order valence-corrected chi connectivity index (χ0v) is 22.9. The predicted molar refractivity (Wildman–Crippen MR) is 133 cm³/mol. The van der Waals surface area contributed by atoms with Gasteiger partial charge >= 0.3 is 11.9 Å². The van der Waals surface area contributed by atoms with Gasteiger partial charge in [0.15, 0.2) is 18.0 Å². The smallest absolute Gasteiger partial charge is 0.309 e. The molecular weight excluding hydrogens is 484 g/mol. The maximum Gasteiger partial charge on any atom is 0.309 e.